The molecule has 0 bridgehead atoms. The smallest absolute Gasteiger partial charge is 0.387 e. The van der Waals surface area contributed by atoms with Crippen molar-refractivity contribution in [3.63, 3.8) is 0 Å². The summed E-state index contributed by atoms with van der Waals surface area (Å²) in [6, 6.07) is 12.5. The topological polar surface area (TPSA) is 69.4 Å². The summed E-state index contributed by atoms with van der Waals surface area (Å²) in [7, 11) is 1.37. The second-order valence-electron chi connectivity index (χ2n) is 5.66. The van der Waals surface area contributed by atoms with Crippen molar-refractivity contribution >= 4 is 5.69 Å². The molecule has 6 nitrogen and oxygen atoms in total. The van der Waals surface area contributed by atoms with E-state index >= 15 is 0 Å². The number of rotatable bonds is 8. The van der Waals surface area contributed by atoms with Crippen molar-refractivity contribution in [2.75, 3.05) is 12.4 Å². The van der Waals surface area contributed by atoms with Gasteiger partial charge in [0.05, 0.1) is 13.7 Å². The van der Waals surface area contributed by atoms with Crippen LogP contribution in [0.4, 0.5) is 14.5 Å². The lowest BCUT2D eigenvalue weighted by molar-refractivity contribution is -0.0512. The Kier molecular flexibility index (Phi) is 5.85. The quantitative estimate of drug-likeness (QED) is 0.624. The van der Waals surface area contributed by atoms with Crippen molar-refractivity contribution in [2.45, 2.75) is 26.5 Å². The number of aryl methyl sites for hydroxylation is 1. The first-order valence-corrected chi connectivity index (χ1v) is 8.37. The highest BCUT2D eigenvalue weighted by Gasteiger charge is 2.14. The standard InChI is InChI=1S/C19H19F2N3O3/c1-3-12-4-7-14(8-5-12)22-11-17-23-18(24-27-17)13-6-9-15(26-19(20)21)16(10-13)25-2/h4-10,19,22H,3,11H2,1-2H3. The van der Waals surface area contributed by atoms with E-state index in [4.69, 9.17) is 9.26 Å². The maximum atomic E-state index is 12.4. The van der Waals surface area contributed by atoms with Gasteiger partial charge in [-0.25, -0.2) is 0 Å². The number of hydrogen-bond donors (Lipinski definition) is 1. The molecule has 27 heavy (non-hydrogen) atoms. The van der Waals surface area contributed by atoms with Gasteiger partial charge in [-0.05, 0) is 42.3 Å². The number of benzene rings is 2. The molecule has 0 aliphatic heterocycles. The first kappa shape index (κ1) is 18.6. The molecular weight excluding hydrogens is 356 g/mol. The third-order valence-electron chi connectivity index (χ3n) is 3.91. The number of nitrogens with one attached hydrogen (secondary N) is 1. The van der Waals surface area contributed by atoms with Crippen molar-refractivity contribution in [1.29, 1.82) is 0 Å². The van der Waals surface area contributed by atoms with Gasteiger partial charge in [0.25, 0.3) is 0 Å². The Morgan fingerprint density at radius 3 is 2.56 bits per heavy atom. The highest BCUT2D eigenvalue weighted by Crippen LogP contribution is 2.32. The molecule has 0 saturated carbocycles. The number of aromatic nitrogens is 2. The molecule has 1 heterocycles. The van der Waals surface area contributed by atoms with Gasteiger partial charge in [0.1, 0.15) is 0 Å². The second kappa shape index (κ2) is 8.48. The average Bonchev–Trinajstić information content (AvgIpc) is 3.15. The van der Waals surface area contributed by atoms with Gasteiger partial charge in [-0.3, -0.25) is 0 Å². The van der Waals surface area contributed by atoms with Crippen LogP contribution in [0.2, 0.25) is 0 Å². The van der Waals surface area contributed by atoms with Gasteiger partial charge in [-0.2, -0.15) is 13.8 Å². The van der Waals surface area contributed by atoms with Crippen molar-refractivity contribution in [3.8, 4) is 22.9 Å². The van der Waals surface area contributed by atoms with Crippen molar-refractivity contribution in [2.24, 2.45) is 0 Å². The fourth-order valence-corrected chi connectivity index (χ4v) is 2.48. The molecule has 2 aromatic carbocycles. The largest absolute Gasteiger partial charge is 0.493 e. The Labute approximate surface area is 155 Å². The van der Waals surface area contributed by atoms with Gasteiger partial charge in [0, 0.05) is 11.3 Å². The molecule has 8 heteroatoms. The summed E-state index contributed by atoms with van der Waals surface area (Å²) >= 11 is 0. The molecule has 1 aromatic heterocycles. The van der Waals surface area contributed by atoms with Crippen LogP contribution in [0, 0.1) is 0 Å². The first-order valence-electron chi connectivity index (χ1n) is 8.37. The molecule has 0 spiro atoms. The van der Waals surface area contributed by atoms with E-state index in [1.165, 1.54) is 24.8 Å². The van der Waals surface area contributed by atoms with Crippen LogP contribution in [-0.4, -0.2) is 23.9 Å². The molecular formula is C19H19F2N3O3. The Bertz CT molecular complexity index is 882. The lowest BCUT2D eigenvalue weighted by atomic mass is 10.1. The van der Waals surface area contributed by atoms with Gasteiger partial charge in [-0.1, -0.05) is 24.2 Å². The van der Waals surface area contributed by atoms with Crippen LogP contribution in [0.3, 0.4) is 0 Å². The summed E-state index contributed by atoms with van der Waals surface area (Å²) in [5.41, 5.74) is 2.77. The molecule has 0 amide bonds. The fourth-order valence-electron chi connectivity index (χ4n) is 2.48. The molecule has 0 aliphatic rings. The van der Waals surface area contributed by atoms with Crippen LogP contribution >= 0.6 is 0 Å². The molecule has 0 aliphatic carbocycles. The van der Waals surface area contributed by atoms with Gasteiger partial charge < -0.3 is 19.3 Å². The van der Waals surface area contributed by atoms with Crippen LogP contribution in [0.1, 0.15) is 18.4 Å². The van der Waals surface area contributed by atoms with Crippen LogP contribution in [0.5, 0.6) is 11.5 Å². The number of alkyl halides is 2. The van der Waals surface area contributed by atoms with E-state index < -0.39 is 6.61 Å². The third-order valence-corrected chi connectivity index (χ3v) is 3.91. The van der Waals surface area contributed by atoms with Gasteiger partial charge in [0.2, 0.25) is 11.7 Å². The van der Waals surface area contributed by atoms with E-state index in [0.29, 0.717) is 23.8 Å². The summed E-state index contributed by atoms with van der Waals surface area (Å²) in [6.07, 6.45) is 0.984. The lowest BCUT2D eigenvalue weighted by Gasteiger charge is -2.10. The summed E-state index contributed by atoms with van der Waals surface area (Å²) in [5, 5.41) is 7.13. The normalized spacial score (nSPS) is 10.9. The molecule has 0 unspecified atom stereocenters. The van der Waals surface area contributed by atoms with Gasteiger partial charge >= 0.3 is 6.61 Å². The highest BCUT2D eigenvalue weighted by molar-refractivity contribution is 5.60. The number of methoxy groups -OCH3 is 1. The van der Waals surface area contributed by atoms with E-state index in [1.807, 2.05) is 12.1 Å². The maximum absolute atomic E-state index is 12.4. The Morgan fingerprint density at radius 2 is 1.89 bits per heavy atom. The molecule has 1 N–H and O–H groups in total. The minimum absolute atomic E-state index is 0.0582. The first-order chi connectivity index (χ1) is 13.1. The number of halogens is 2. The zero-order valence-electron chi connectivity index (χ0n) is 14.9. The minimum Gasteiger partial charge on any atom is -0.493 e. The average molecular weight is 375 g/mol. The van der Waals surface area contributed by atoms with Crippen molar-refractivity contribution < 1.29 is 22.8 Å². The van der Waals surface area contributed by atoms with E-state index in [9.17, 15) is 8.78 Å². The van der Waals surface area contributed by atoms with Crippen molar-refractivity contribution in [1.82, 2.24) is 10.1 Å². The third kappa shape index (κ3) is 4.72. The van der Waals surface area contributed by atoms with Crippen LogP contribution in [-0.2, 0) is 13.0 Å². The van der Waals surface area contributed by atoms with Crippen molar-refractivity contribution in [3.05, 3.63) is 53.9 Å². The molecule has 3 rings (SSSR count). The number of nitrogens with zero attached hydrogens (tertiary/aromatic N) is 2. The fraction of sp³-hybridized carbons (Fsp3) is 0.263. The van der Waals surface area contributed by atoms with Crippen LogP contribution in [0.15, 0.2) is 47.0 Å². The summed E-state index contributed by atoms with van der Waals surface area (Å²) in [6.45, 7) is -0.467. The van der Waals surface area contributed by atoms with E-state index in [1.54, 1.807) is 6.07 Å². The SMILES string of the molecule is CCc1ccc(NCc2nc(-c3ccc(OC(F)F)c(OC)c3)no2)cc1. The second-order valence-corrected chi connectivity index (χ2v) is 5.66. The predicted octanol–water partition coefficient (Wildman–Crippen LogP) is 4.52. The Balaban J connectivity index is 1.69. The number of anilines is 1. The molecule has 0 fully saturated rings. The van der Waals surface area contributed by atoms with Gasteiger partial charge in [-0.15, -0.1) is 0 Å². The lowest BCUT2D eigenvalue weighted by Crippen LogP contribution is -2.03. The zero-order chi connectivity index (χ0) is 19.2. The van der Waals surface area contributed by atoms with E-state index in [0.717, 1.165) is 12.1 Å². The number of ether oxygens (including phenoxy) is 2. The monoisotopic (exact) mass is 375 g/mol. The summed E-state index contributed by atoms with van der Waals surface area (Å²) in [5.74, 6) is 0.830. The Morgan fingerprint density at radius 1 is 1.11 bits per heavy atom. The Hall–Kier alpha value is -3.16. The van der Waals surface area contributed by atoms with Gasteiger partial charge in [0.15, 0.2) is 11.5 Å². The maximum Gasteiger partial charge on any atom is 0.387 e. The minimum atomic E-state index is -2.93. The molecule has 0 saturated heterocycles. The zero-order valence-corrected chi connectivity index (χ0v) is 14.9. The number of hydrogen-bond acceptors (Lipinski definition) is 6. The van der Waals surface area contributed by atoms with Crippen LogP contribution in [0.25, 0.3) is 11.4 Å². The van der Waals surface area contributed by atoms with E-state index in [2.05, 4.69) is 39.3 Å². The molecule has 0 radical (unpaired) electrons. The summed E-state index contributed by atoms with van der Waals surface area (Å²) < 4.78 is 39.5. The highest BCUT2D eigenvalue weighted by atomic mass is 19.3. The summed E-state index contributed by atoms with van der Waals surface area (Å²) in [4.78, 5) is 4.31. The molecule has 142 valence electrons. The molecule has 3 aromatic rings. The predicted molar refractivity (Wildman–Crippen MR) is 96.1 cm³/mol. The van der Waals surface area contributed by atoms with E-state index in [-0.39, 0.29) is 11.5 Å². The van der Waals surface area contributed by atoms with Crippen LogP contribution < -0.4 is 14.8 Å². The molecule has 0 atom stereocenters.